The number of carbonyl (C=O) groups is 1. The van der Waals surface area contributed by atoms with Crippen molar-refractivity contribution in [3.05, 3.63) is 52.8 Å². The first-order valence-electron chi connectivity index (χ1n) is 5.97. The zero-order chi connectivity index (χ0) is 14.7. The number of primary amides is 1. The fourth-order valence-electron chi connectivity index (χ4n) is 1.85. The molecule has 0 saturated carbocycles. The number of aryl methyl sites for hydroxylation is 2. The quantitative estimate of drug-likeness (QED) is 0.925. The Hall–Kier alpha value is -2.87. The average molecular weight is 267 g/mol. The van der Waals surface area contributed by atoms with Crippen molar-refractivity contribution in [2.24, 2.45) is 5.73 Å². The number of pyridine rings is 1. The molecule has 2 rings (SSSR count). The number of hydrogen-bond acceptors (Lipinski definition) is 4. The van der Waals surface area contributed by atoms with Gasteiger partial charge in [0.2, 0.25) is 5.91 Å². The van der Waals surface area contributed by atoms with Crippen molar-refractivity contribution < 1.29 is 9.53 Å². The molecule has 0 aliphatic carbocycles. The molecular formula is C15H13N3O2. The Morgan fingerprint density at radius 3 is 2.75 bits per heavy atom. The van der Waals surface area contributed by atoms with Gasteiger partial charge in [0, 0.05) is 17.3 Å². The van der Waals surface area contributed by atoms with E-state index in [1.165, 1.54) is 6.07 Å². The van der Waals surface area contributed by atoms with E-state index < -0.39 is 5.91 Å². The fraction of sp³-hybridized carbons (Fsp3) is 0.133. The number of carbonyl (C=O) groups excluding carboxylic acids is 1. The molecule has 0 fully saturated rings. The molecule has 1 aromatic heterocycles. The molecule has 5 nitrogen and oxygen atoms in total. The molecule has 0 unspecified atom stereocenters. The summed E-state index contributed by atoms with van der Waals surface area (Å²) in [5.74, 6) is 0.333. The zero-order valence-corrected chi connectivity index (χ0v) is 11.2. The summed E-state index contributed by atoms with van der Waals surface area (Å²) in [6, 6.07) is 10.3. The minimum atomic E-state index is -0.530. The Morgan fingerprint density at radius 1 is 1.35 bits per heavy atom. The SMILES string of the molecule is Cc1cc(Oc2cccc(C(N)=O)c2)c(C#N)c(C)n1. The van der Waals surface area contributed by atoms with E-state index in [4.69, 9.17) is 15.7 Å². The standard InChI is InChI=1S/C15H13N3O2/c1-9-6-14(13(8-16)10(2)18-9)20-12-5-3-4-11(7-12)15(17)19/h3-7H,1-2H3,(H2,17,19). The fourth-order valence-corrected chi connectivity index (χ4v) is 1.85. The van der Waals surface area contributed by atoms with E-state index in [-0.39, 0.29) is 0 Å². The third kappa shape index (κ3) is 2.75. The lowest BCUT2D eigenvalue weighted by molar-refractivity contribution is 0.1000. The van der Waals surface area contributed by atoms with Gasteiger partial charge in [-0.05, 0) is 32.0 Å². The molecule has 20 heavy (non-hydrogen) atoms. The number of hydrogen-bond donors (Lipinski definition) is 1. The molecule has 0 radical (unpaired) electrons. The minimum absolute atomic E-state index is 0.350. The second-order valence-corrected chi connectivity index (χ2v) is 4.33. The van der Waals surface area contributed by atoms with Crippen molar-refractivity contribution >= 4 is 5.91 Å². The van der Waals surface area contributed by atoms with Gasteiger partial charge in [0.1, 0.15) is 23.1 Å². The third-order valence-corrected chi connectivity index (χ3v) is 2.75. The van der Waals surface area contributed by atoms with E-state index in [2.05, 4.69) is 11.1 Å². The number of nitrogens with zero attached hydrogens (tertiary/aromatic N) is 2. The van der Waals surface area contributed by atoms with E-state index in [1.807, 2.05) is 6.92 Å². The number of rotatable bonds is 3. The highest BCUT2D eigenvalue weighted by Gasteiger charge is 2.11. The maximum absolute atomic E-state index is 11.1. The van der Waals surface area contributed by atoms with E-state index in [0.717, 1.165) is 5.69 Å². The normalized spacial score (nSPS) is 9.85. The number of benzene rings is 1. The van der Waals surface area contributed by atoms with Crippen molar-refractivity contribution in [2.45, 2.75) is 13.8 Å². The van der Waals surface area contributed by atoms with Gasteiger partial charge in [-0.15, -0.1) is 0 Å². The summed E-state index contributed by atoms with van der Waals surface area (Å²) in [6.07, 6.45) is 0. The third-order valence-electron chi connectivity index (χ3n) is 2.75. The summed E-state index contributed by atoms with van der Waals surface area (Å²) in [5.41, 5.74) is 7.31. The Kier molecular flexibility index (Phi) is 3.67. The van der Waals surface area contributed by atoms with Gasteiger partial charge in [-0.25, -0.2) is 0 Å². The predicted octanol–water partition coefficient (Wildman–Crippen LogP) is 2.46. The molecule has 0 aliphatic rings. The summed E-state index contributed by atoms with van der Waals surface area (Å²) >= 11 is 0. The average Bonchev–Trinajstić information content (AvgIpc) is 2.38. The monoisotopic (exact) mass is 267 g/mol. The van der Waals surface area contributed by atoms with Gasteiger partial charge in [0.25, 0.3) is 0 Å². The number of aromatic nitrogens is 1. The molecule has 0 atom stereocenters. The Labute approximate surface area is 116 Å². The maximum atomic E-state index is 11.1. The first-order valence-corrected chi connectivity index (χ1v) is 5.97. The summed E-state index contributed by atoms with van der Waals surface area (Å²) in [7, 11) is 0. The van der Waals surface area contributed by atoms with Gasteiger partial charge in [-0.1, -0.05) is 6.07 Å². The van der Waals surface area contributed by atoms with Gasteiger partial charge in [-0.3, -0.25) is 9.78 Å². The van der Waals surface area contributed by atoms with Crippen LogP contribution in [0.15, 0.2) is 30.3 Å². The Bertz CT molecular complexity index is 718. The van der Waals surface area contributed by atoms with E-state index >= 15 is 0 Å². The van der Waals surface area contributed by atoms with Gasteiger partial charge in [0.05, 0.1) is 5.69 Å². The molecule has 0 spiro atoms. The topological polar surface area (TPSA) is 89.0 Å². The van der Waals surface area contributed by atoms with Gasteiger partial charge >= 0.3 is 0 Å². The van der Waals surface area contributed by atoms with Crippen molar-refractivity contribution in [2.75, 3.05) is 0 Å². The van der Waals surface area contributed by atoms with E-state index in [0.29, 0.717) is 28.3 Å². The van der Waals surface area contributed by atoms with Crippen molar-refractivity contribution in [1.29, 1.82) is 5.26 Å². The highest BCUT2D eigenvalue weighted by Crippen LogP contribution is 2.27. The van der Waals surface area contributed by atoms with Crippen LogP contribution in [0.5, 0.6) is 11.5 Å². The number of amides is 1. The highest BCUT2D eigenvalue weighted by atomic mass is 16.5. The smallest absolute Gasteiger partial charge is 0.248 e. The summed E-state index contributed by atoms with van der Waals surface area (Å²) in [5, 5.41) is 9.17. The van der Waals surface area contributed by atoms with Crippen molar-refractivity contribution in [1.82, 2.24) is 4.98 Å². The number of nitrogens with two attached hydrogens (primary N) is 1. The largest absolute Gasteiger partial charge is 0.456 e. The minimum Gasteiger partial charge on any atom is -0.456 e. The van der Waals surface area contributed by atoms with E-state index in [1.54, 1.807) is 31.2 Å². The molecule has 5 heteroatoms. The van der Waals surface area contributed by atoms with Gasteiger partial charge in [0.15, 0.2) is 0 Å². The molecule has 100 valence electrons. The van der Waals surface area contributed by atoms with Gasteiger partial charge < -0.3 is 10.5 Å². The first kappa shape index (κ1) is 13.6. The first-order chi connectivity index (χ1) is 9.51. The van der Waals surface area contributed by atoms with Crippen LogP contribution in [-0.4, -0.2) is 10.9 Å². The molecule has 2 aromatic rings. The van der Waals surface area contributed by atoms with E-state index in [9.17, 15) is 4.79 Å². The van der Waals surface area contributed by atoms with Crippen LogP contribution in [0, 0.1) is 25.2 Å². The zero-order valence-electron chi connectivity index (χ0n) is 11.2. The highest BCUT2D eigenvalue weighted by molar-refractivity contribution is 5.93. The predicted molar refractivity (Wildman–Crippen MR) is 73.5 cm³/mol. The van der Waals surface area contributed by atoms with Crippen LogP contribution in [0.2, 0.25) is 0 Å². The lowest BCUT2D eigenvalue weighted by Gasteiger charge is -2.10. The molecule has 2 N–H and O–H groups in total. The summed E-state index contributed by atoms with van der Waals surface area (Å²) in [4.78, 5) is 15.4. The van der Waals surface area contributed by atoms with Crippen molar-refractivity contribution in [3.8, 4) is 17.6 Å². The lowest BCUT2D eigenvalue weighted by Crippen LogP contribution is -2.10. The lowest BCUT2D eigenvalue weighted by atomic mass is 10.1. The maximum Gasteiger partial charge on any atom is 0.248 e. The van der Waals surface area contributed by atoms with Crippen LogP contribution in [0.1, 0.15) is 27.3 Å². The molecule has 1 amide bonds. The second-order valence-electron chi connectivity index (χ2n) is 4.33. The molecular weight excluding hydrogens is 254 g/mol. The Morgan fingerprint density at radius 2 is 2.10 bits per heavy atom. The summed E-state index contributed by atoms with van der Waals surface area (Å²) < 4.78 is 5.68. The number of ether oxygens (including phenoxy) is 1. The number of nitriles is 1. The van der Waals surface area contributed by atoms with Crippen LogP contribution in [0.25, 0.3) is 0 Å². The molecule has 1 heterocycles. The van der Waals surface area contributed by atoms with Gasteiger partial charge in [-0.2, -0.15) is 5.26 Å². The molecule has 1 aromatic carbocycles. The van der Waals surface area contributed by atoms with Crippen LogP contribution in [0.3, 0.4) is 0 Å². The molecule has 0 aliphatic heterocycles. The molecule has 0 saturated heterocycles. The van der Waals surface area contributed by atoms with Crippen LogP contribution >= 0.6 is 0 Å². The second kappa shape index (κ2) is 5.41. The van der Waals surface area contributed by atoms with Crippen molar-refractivity contribution in [3.63, 3.8) is 0 Å². The van der Waals surface area contributed by atoms with Crippen LogP contribution in [0.4, 0.5) is 0 Å². The summed E-state index contributed by atoms with van der Waals surface area (Å²) in [6.45, 7) is 3.57. The van der Waals surface area contributed by atoms with Crippen LogP contribution < -0.4 is 10.5 Å². The molecule has 0 bridgehead atoms. The van der Waals surface area contributed by atoms with Crippen LogP contribution in [-0.2, 0) is 0 Å². The Balaban J connectivity index is 2.42.